The van der Waals surface area contributed by atoms with E-state index in [0.29, 0.717) is 5.75 Å². The SMILES string of the molecule is CC(C)Oc1ccc(S(=O)(=O)c2ccc(CN=C(NC#N)Nc3ccncc3)cc2)cc1. The van der Waals surface area contributed by atoms with Gasteiger partial charge in [0.15, 0.2) is 6.19 Å². The molecular formula is C23H23N5O3S. The molecule has 3 rings (SSSR count). The number of nitrogens with one attached hydrogen (secondary N) is 2. The van der Waals surface area contributed by atoms with Crippen LogP contribution in [-0.2, 0) is 16.4 Å². The first-order valence-electron chi connectivity index (χ1n) is 9.86. The third-order valence-corrected chi connectivity index (χ3v) is 6.06. The van der Waals surface area contributed by atoms with Crippen LogP contribution in [0, 0.1) is 11.5 Å². The van der Waals surface area contributed by atoms with Gasteiger partial charge in [-0.2, -0.15) is 5.26 Å². The van der Waals surface area contributed by atoms with Crippen molar-refractivity contribution in [3.8, 4) is 11.9 Å². The minimum atomic E-state index is -3.65. The molecule has 3 aromatic rings. The van der Waals surface area contributed by atoms with Gasteiger partial charge in [-0.1, -0.05) is 12.1 Å². The molecule has 0 aliphatic heterocycles. The Balaban J connectivity index is 1.72. The molecule has 0 amide bonds. The molecule has 0 unspecified atom stereocenters. The number of anilines is 1. The molecule has 0 radical (unpaired) electrons. The van der Waals surface area contributed by atoms with Gasteiger partial charge >= 0.3 is 0 Å². The number of rotatable bonds is 7. The van der Waals surface area contributed by atoms with Gasteiger partial charge in [0.25, 0.3) is 0 Å². The Morgan fingerprint density at radius 1 is 1.03 bits per heavy atom. The minimum Gasteiger partial charge on any atom is -0.491 e. The highest BCUT2D eigenvalue weighted by atomic mass is 32.2. The van der Waals surface area contributed by atoms with E-state index in [9.17, 15) is 8.42 Å². The number of hydrogen-bond donors (Lipinski definition) is 2. The van der Waals surface area contributed by atoms with E-state index in [0.717, 1.165) is 11.3 Å². The molecule has 1 heterocycles. The molecule has 0 atom stereocenters. The van der Waals surface area contributed by atoms with E-state index in [1.165, 1.54) is 12.1 Å². The van der Waals surface area contributed by atoms with Gasteiger partial charge in [-0.05, 0) is 67.9 Å². The van der Waals surface area contributed by atoms with Crippen LogP contribution in [0.4, 0.5) is 5.69 Å². The normalized spacial score (nSPS) is 11.6. The first kappa shape index (κ1) is 22.8. The van der Waals surface area contributed by atoms with Crippen LogP contribution in [0.15, 0.2) is 87.8 Å². The molecule has 0 spiro atoms. The first-order valence-corrected chi connectivity index (χ1v) is 11.3. The summed E-state index contributed by atoms with van der Waals surface area (Å²) in [6.45, 7) is 4.07. The number of sulfone groups is 1. The maximum absolute atomic E-state index is 12.9. The van der Waals surface area contributed by atoms with E-state index in [-0.39, 0.29) is 28.4 Å². The van der Waals surface area contributed by atoms with Crippen LogP contribution < -0.4 is 15.4 Å². The highest BCUT2D eigenvalue weighted by Gasteiger charge is 2.17. The van der Waals surface area contributed by atoms with Crippen molar-refractivity contribution >= 4 is 21.5 Å². The zero-order chi connectivity index (χ0) is 23.0. The molecule has 8 nitrogen and oxygen atoms in total. The number of ether oxygens (including phenoxy) is 1. The molecule has 164 valence electrons. The summed E-state index contributed by atoms with van der Waals surface area (Å²) in [6, 6.07) is 16.4. The van der Waals surface area contributed by atoms with Crippen molar-refractivity contribution in [3.63, 3.8) is 0 Å². The molecule has 32 heavy (non-hydrogen) atoms. The number of pyridine rings is 1. The molecule has 0 saturated carbocycles. The lowest BCUT2D eigenvalue weighted by molar-refractivity contribution is 0.242. The number of aliphatic imine (C=N–C) groups is 1. The quantitative estimate of drug-likeness (QED) is 0.244. The second-order valence-corrected chi connectivity index (χ2v) is 9.00. The van der Waals surface area contributed by atoms with Gasteiger partial charge in [-0.15, -0.1) is 0 Å². The van der Waals surface area contributed by atoms with E-state index in [4.69, 9.17) is 10.00 Å². The largest absolute Gasteiger partial charge is 0.491 e. The van der Waals surface area contributed by atoms with Crippen LogP contribution in [0.3, 0.4) is 0 Å². The van der Waals surface area contributed by atoms with Gasteiger partial charge in [-0.3, -0.25) is 10.3 Å². The average molecular weight is 450 g/mol. The van der Waals surface area contributed by atoms with Crippen LogP contribution in [-0.4, -0.2) is 25.5 Å². The molecule has 0 saturated heterocycles. The van der Waals surface area contributed by atoms with Gasteiger partial charge in [0.2, 0.25) is 15.8 Å². The standard InChI is InChI=1S/C23H23N5O3S/c1-17(2)31-20-5-9-22(10-6-20)32(29,30)21-7-3-18(4-8-21)15-26-23(27-16-24)28-19-11-13-25-14-12-19/h3-14,17H,15H2,1-2H3,(H2,25,26,27,28). The zero-order valence-corrected chi connectivity index (χ0v) is 18.5. The lowest BCUT2D eigenvalue weighted by Crippen LogP contribution is -2.26. The highest BCUT2D eigenvalue weighted by Crippen LogP contribution is 2.24. The van der Waals surface area contributed by atoms with Crippen molar-refractivity contribution in [3.05, 3.63) is 78.6 Å². The molecule has 2 N–H and O–H groups in total. The Labute approximate surface area is 187 Å². The number of nitrogens with zero attached hydrogens (tertiary/aromatic N) is 3. The predicted octanol–water partition coefficient (Wildman–Crippen LogP) is 3.74. The minimum absolute atomic E-state index is 0.0106. The summed E-state index contributed by atoms with van der Waals surface area (Å²) in [5, 5.41) is 14.4. The Hall–Kier alpha value is -3.90. The average Bonchev–Trinajstić information content (AvgIpc) is 2.78. The number of benzene rings is 2. The van der Waals surface area contributed by atoms with Crippen LogP contribution in [0.25, 0.3) is 0 Å². The molecule has 0 bridgehead atoms. The smallest absolute Gasteiger partial charge is 0.209 e. The maximum atomic E-state index is 12.9. The van der Waals surface area contributed by atoms with Gasteiger partial charge in [0.1, 0.15) is 5.75 Å². The fraction of sp³-hybridized carbons (Fsp3) is 0.174. The van der Waals surface area contributed by atoms with Crippen LogP contribution in [0.2, 0.25) is 0 Å². The predicted molar refractivity (Wildman–Crippen MR) is 122 cm³/mol. The fourth-order valence-electron chi connectivity index (χ4n) is 2.79. The van der Waals surface area contributed by atoms with E-state index in [1.807, 2.05) is 20.0 Å². The number of nitriles is 1. The molecule has 0 aliphatic rings. The van der Waals surface area contributed by atoms with E-state index < -0.39 is 9.84 Å². The Bertz CT molecular complexity index is 1200. The van der Waals surface area contributed by atoms with Gasteiger partial charge < -0.3 is 10.1 Å². The Morgan fingerprint density at radius 2 is 1.62 bits per heavy atom. The molecule has 0 aliphatic carbocycles. The maximum Gasteiger partial charge on any atom is 0.209 e. The fourth-order valence-corrected chi connectivity index (χ4v) is 4.05. The Morgan fingerprint density at radius 3 is 2.19 bits per heavy atom. The van der Waals surface area contributed by atoms with E-state index in [2.05, 4.69) is 20.6 Å². The zero-order valence-electron chi connectivity index (χ0n) is 17.7. The summed E-state index contributed by atoms with van der Waals surface area (Å²) in [5.74, 6) is 0.897. The lowest BCUT2D eigenvalue weighted by atomic mass is 10.2. The topological polar surface area (TPSA) is 116 Å². The Kier molecular flexibility index (Phi) is 7.41. The second kappa shape index (κ2) is 10.4. The van der Waals surface area contributed by atoms with Gasteiger partial charge in [-0.25, -0.2) is 13.4 Å². The second-order valence-electron chi connectivity index (χ2n) is 7.05. The van der Waals surface area contributed by atoms with E-state index in [1.54, 1.807) is 60.9 Å². The lowest BCUT2D eigenvalue weighted by Gasteiger charge is -2.11. The third-order valence-electron chi connectivity index (χ3n) is 4.28. The van der Waals surface area contributed by atoms with Crippen molar-refractivity contribution in [1.29, 1.82) is 5.26 Å². The summed E-state index contributed by atoms with van der Waals surface area (Å²) in [5.41, 5.74) is 1.52. The summed E-state index contributed by atoms with van der Waals surface area (Å²) < 4.78 is 31.4. The van der Waals surface area contributed by atoms with Crippen LogP contribution in [0.1, 0.15) is 19.4 Å². The molecular weight excluding hydrogens is 426 g/mol. The highest BCUT2D eigenvalue weighted by molar-refractivity contribution is 7.91. The van der Waals surface area contributed by atoms with E-state index >= 15 is 0 Å². The summed E-state index contributed by atoms with van der Waals surface area (Å²) in [4.78, 5) is 8.67. The molecule has 1 aromatic heterocycles. The first-order chi connectivity index (χ1) is 15.4. The number of guanidine groups is 1. The number of hydrogen-bond acceptors (Lipinski definition) is 6. The van der Waals surface area contributed by atoms with Crippen molar-refractivity contribution < 1.29 is 13.2 Å². The van der Waals surface area contributed by atoms with Crippen molar-refractivity contribution in [2.24, 2.45) is 4.99 Å². The van der Waals surface area contributed by atoms with Gasteiger partial charge in [0.05, 0.1) is 22.4 Å². The van der Waals surface area contributed by atoms with Crippen LogP contribution >= 0.6 is 0 Å². The van der Waals surface area contributed by atoms with Crippen LogP contribution in [0.5, 0.6) is 5.75 Å². The molecule has 0 fully saturated rings. The molecule has 2 aromatic carbocycles. The van der Waals surface area contributed by atoms with Gasteiger partial charge in [0, 0.05) is 18.1 Å². The van der Waals surface area contributed by atoms with Crippen molar-refractivity contribution in [1.82, 2.24) is 10.3 Å². The summed E-state index contributed by atoms with van der Waals surface area (Å²) in [7, 11) is -3.65. The monoisotopic (exact) mass is 449 g/mol. The van der Waals surface area contributed by atoms with Crippen molar-refractivity contribution in [2.45, 2.75) is 36.3 Å². The summed E-state index contributed by atoms with van der Waals surface area (Å²) in [6.07, 6.45) is 5.09. The molecule has 9 heteroatoms. The third kappa shape index (κ3) is 6.06. The number of aromatic nitrogens is 1. The summed E-state index contributed by atoms with van der Waals surface area (Å²) >= 11 is 0. The van der Waals surface area contributed by atoms with Crippen molar-refractivity contribution in [2.75, 3.05) is 5.32 Å².